The zero-order chi connectivity index (χ0) is 30.9. The number of amides is 1. The number of methoxy groups -OCH3 is 1. The minimum absolute atomic E-state index is 0.00524. The molecule has 1 saturated carbocycles. The number of hydrogen-bond donors (Lipinski definition) is 0. The summed E-state index contributed by atoms with van der Waals surface area (Å²) >= 11 is 0. The molecule has 1 amide bonds. The van der Waals surface area contributed by atoms with Gasteiger partial charge in [-0.15, -0.1) is 0 Å². The molecular weight excluding hydrogens is 546 g/mol. The average molecular weight is 594 g/mol. The molecule has 9 heteroatoms. The van der Waals surface area contributed by atoms with Crippen molar-refractivity contribution in [2.24, 2.45) is 23.2 Å². The lowest BCUT2D eigenvalue weighted by atomic mass is 9.77. The molecule has 1 aliphatic carbocycles. The van der Waals surface area contributed by atoms with Crippen LogP contribution in [0.4, 0.5) is 0 Å². The fourth-order valence-electron chi connectivity index (χ4n) is 7.22. The van der Waals surface area contributed by atoms with E-state index in [4.69, 9.17) is 24.2 Å². The van der Waals surface area contributed by atoms with E-state index in [1.807, 2.05) is 45.9 Å². The van der Waals surface area contributed by atoms with E-state index < -0.39 is 23.5 Å². The summed E-state index contributed by atoms with van der Waals surface area (Å²) < 4.78 is 18.1. The zero-order valence-electron chi connectivity index (χ0n) is 26.6. The first-order valence-electron chi connectivity index (χ1n) is 16.0. The van der Waals surface area contributed by atoms with Gasteiger partial charge < -0.3 is 19.1 Å². The largest absolute Gasteiger partial charge is 0.497 e. The van der Waals surface area contributed by atoms with Crippen LogP contribution in [0.15, 0.2) is 18.2 Å². The highest BCUT2D eigenvalue weighted by atomic mass is 16.5. The van der Waals surface area contributed by atoms with E-state index >= 15 is 0 Å². The lowest BCUT2D eigenvalue weighted by Crippen LogP contribution is -2.48. The van der Waals surface area contributed by atoms with Gasteiger partial charge in [0.2, 0.25) is 11.8 Å². The summed E-state index contributed by atoms with van der Waals surface area (Å²) in [7, 11) is 1.62. The Kier molecular flexibility index (Phi) is 9.28. The Morgan fingerprint density at radius 1 is 0.977 bits per heavy atom. The maximum atomic E-state index is 14.2. The number of ether oxygens (including phenoxy) is 3. The fraction of sp³-hybridized carbons (Fsp3) is 0.676. The lowest BCUT2D eigenvalue weighted by Gasteiger charge is -2.35. The van der Waals surface area contributed by atoms with Crippen LogP contribution >= 0.6 is 0 Å². The highest BCUT2D eigenvalue weighted by Gasteiger charge is 2.49. The highest BCUT2D eigenvalue weighted by Crippen LogP contribution is 2.38. The number of fused-ring (bicyclic) bond motifs is 5. The monoisotopic (exact) mass is 593 g/mol. The van der Waals surface area contributed by atoms with E-state index in [1.54, 1.807) is 12.0 Å². The Bertz CT molecular complexity index is 1350. The molecule has 2 bridgehead atoms. The summed E-state index contributed by atoms with van der Waals surface area (Å²) in [5.41, 5.74) is 1.72. The van der Waals surface area contributed by atoms with Crippen LogP contribution < -0.4 is 9.47 Å². The highest BCUT2D eigenvalue weighted by molar-refractivity contribution is 5.91. The maximum absolute atomic E-state index is 14.2. The summed E-state index contributed by atoms with van der Waals surface area (Å²) in [4.78, 5) is 52.0. The van der Waals surface area contributed by atoms with Gasteiger partial charge in [0.15, 0.2) is 5.78 Å². The predicted molar refractivity (Wildman–Crippen MR) is 163 cm³/mol. The quantitative estimate of drug-likeness (QED) is 0.408. The van der Waals surface area contributed by atoms with E-state index in [-0.39, 0.29) is 42.6 Å². The molecule has 3 aliphatic rings. The number of ketones is 1. The van der Waals surface area contributed by atoms with Crippen LogP contribution in [0, 0.1) is 23.2 Å². The van der Waals surface area contributed by atoms with Crippen LogP contribution in [0.1, 0.15) is 91.7 Å². The minimum atomic E-state index is -0.656. The van der Waals surface area contributed by atoms with Gasteiger partial charge in [0.05, 0.1) is 43.1 Å². The normalized spacial score (nSPS) is 29.2. The fourth-order valence-corrected chi connectivity index (χ4v) is 7.22. The summed E-state index contributed by atoms with van der Waals surface area (Å²) in [6.07, 6.45) is 7.16. The third-order valence-electron chi connectivity index (χ3n) is 9.74. The number of carbonyl (C=O) groups excluding carboxylic acids is 3. The summed E-state index contributed by atoms with van der Waals surface area (Å²) in [6, 6.07) is 4.97. The third-order valence-corrected chi connectivity index (χ3v) is 9.74. The van der Waals surface area contributed by atoms with Crippen LogP contribution in [0.5, 0.6) is 11.6 Å². The van der Waals surface area contributed by atoms with Gasteiger partial charge in [-0.2, -0.15) is 0 Å². The molecule has 234 valence electrons. The first-order chi connectivity index (χ1) is 20.5. The van der Waals surface area contributed by atoms with Crippen molar-refractivity contribution in [2.75, 3.05) is 13.7 Å². The third kappa shape index (κ3) is 6.80. The number of aryl methyl sites for hydroxylation is 1. The molecule has 0 N–H and O–H groups in total. The van der Waals surface area contributed by atoms with Crippen molar-refractivity contribution < 1.29 is 28.6 Å². The summed E-state index contributed by atoms with van der Waals surface area (Å²) in [5, 5.41) is 0. The van der Waals surface area contributed by atoms with E-state index in [2.05, 4.69) is 0 Å². The molecule has 3 heterocycles. The SMILES string of the molecule is COc1ccc2nc3c(nc2c1)O[C@H]1CN(C(=O)[C@H](C(C)(C)C)CC(=O)O[C@@H]2CCC[C@H]2CCCCC3)[C@H](C(C)=O)[C@@H]1C. The number of rotatable bonds is 2. The molecular formula is C34H47N3O6. The Morgan fingerprint density at radius 2 is 1.74 bits per heavy atom. The van der Waals surface area contributed by atoms with Crippen molar-refractivity contribution in [1.29, 1.82) is 0 Å². The van der Waals surface area contributed by atoms with Crippen LogP contribution in [0.3, 0.4) is 0 Å². The molecule has 0 unspecified atom stereocenters. The van der Waals surface area contributed by atoms with Gasteiger partial charge in [0.25, 0.3) is 0 Å². The summed E-state index contributed by atoms with van der Waals surface area (Å²) in [6.45, 7) is 9.60. The number of aromatic nitrogens is 2. The van der Waals surface area contributed by atoms with Crippen LogP contribution in [-0.4, -0.2) is 64.4 Å². The minimum Gasteiger partial charge on any atom is -0.497 e. The molecule has 2 fully saturated rings. The zero-order valence-corrected chi connectivity index (χ0v) is 26.6. The van der Waals surface area contributed by atoms with E-state index in [0.717, 1.165) is 56.2 Å². The second kappa shape index (κ2) is 12.8. The van der Waals surface area contributed by atoms with Crippen molar-refractivity contribution in [3.05, 3.63) is 23.9 Å². The topological polar surface area (TPSA) is 108 Å². The predicted octanol–water partition coefficient (Wildman–Crippen LogP) is 5.70. The van der Waals surface area contributed by atoms with Gasteiger partial charge >= 0.3 is 5.97 Å². The van der Waals surface area contributed by atoms with Crippen LogP contribution in [0.25, 0.3) is 11.0 Å². The molecule has 1 aromatic heterocycles. The Labute approximate surface area is 255 Å². The van der Waals surface area contributed by atoms with Crippen molar-refractivity contribution >= 4 is 28.7 Å². The molecule has 6 atom stereocenters. The van der Waals surface area contributed by atoms with E-state index in [1.165, 1.54) is 6.92 Å². The molecule has 0 spiro atoms. The van der Waals surface area contributed by atoms with Gasteiger partial charge in [-0.3, -0.25) is 14.4 Å². The van der Waals surface area contributed by atoms with Gasteiger partial charge in [0.1, 0.15) is 23.7 Å². The van der Waals surface area contributed by atoms with E-state index in [9.17, 15) is 14.4 Å². The second-order valence-corrected chi connectivity index (χ2v) is 13.8. The number of hydrogen-bond acceptors (Lipinski definition) is 8. The Morgan fingerprint density at radius 3 is 2.47 bits per heavy atom. The average Bonchev–Trinajstić information content (AvgIpc) is 3.53. The van der Waals surface area contributed by atoms with Crippen molar-refractivity contribution in [3.63, 3.8) is 0 Å². The van der Waals surface area contributed by atoms with E-state index in [0.29, 0.717) is 29.5 Å². The number of Topliss-reactive ketones (excluding diaryl/α,β-unsaturated/α-hetero) is 1. The molecule has 1 aromatic carbocycles. The molecule has 0 radical (unpaired) electrons. The lowest BCUT2D eigenvalue weighted by molar-refractivity contribution is -0.158. The van der Waals surface area contributed by atoms with Crippen molar-refractivity contribution in [3.8, 4) is 11.6 Å². The Hall–Kier alpha value is -3.23. The van der Waals surface area contributed by atoms with Crippen LogP contribution in [-0.2, 0) is 25.5 Å². The van der Waals surface area contributed by atoms with Crippen molar-refractivity contribution in [2.45, 2.75) is 111 Å². The number of esters is 1. The van der Waals surface area contributed by atoms with Gasteiger partial charge in [0, 0.05) is 12.0 Å². The molecule has 9 nitrogen and oxygen atoms in total. The summed E-state index contributed by atoms with van der Waals surface area (Å²) in [5.74, 6) is -0.0529. The second-order valence-electron chi connectivity index (χ2n) is 13.8. The van der Waals surface area contributed by atoms with Crippen LogP contribution in [0.2, 0.25) is 0 Å². The molecule has 2 aliphatic heterocycles. The van der Waals surface area contributed by atoms with Crippen molar-refractivity contribution in [1.82, 2.24) is 14.9 Å². The Balaban J connectivity index is 1.52. The smallest absolute Gasteiger partial charge is 0.306 e. The standard InChI is InChI=1S/C34H47N3O6/c1-20-29-19-37(31(20)21(2)38)33(40)24(34(3,4)5)18-30(39)42-28-14-10-12-22(28)11-8-7-9-13-26-32(43-29)36-27-17-23(41-6)15-16-25(27)35-26/h15-17,20,22,24,28-29,31H,7-14,18-19H2,1-6H3/t20-,22-,24-,28-,29+,31+/m1/s1. The number of benzene rings is 1. The van der Waals surface area contributed by atoms with Gasteiger partial charge in [-0.1, -0.05) is 40.5 Å². The first kappa shape index (κ1) is 31.2. The number of carbonyl (C=O) groups is 3. The molecule has 5 rings (SSSR count). The number of nitrogens with zero attached hydrogens (tertiary/aromatic N) is 3. The van der Waals surface area contributed by atoms with Gasteiger partial charge in [-0.05, 0) is 68.9 Å². The molecule has 2 aromatic rings. The maximum Gasteiger partial charge on any atom is 0.306 e. The molecule has 1 saturated heterocycles. The first-order valence-corrected chi connectivity index (χ1v) is 16.0. The molecule has 43 heavy (non-hydrogen) atoms. The van der Waals surface area contributed by atoms with Gasteiger partial charge in [-0.25, -0.2) is 9.97 Å².